The van der Waals surface area contributed by atoms with Gasteiger partial charge in [-0.15, -0.1) is 16.4 Å². The molecule has 20 heavy (non-hydrogen) atoms. The molecule has 7 heteroatoms. The maximum Gasteiger partial charge on any atom is 0.266 e. The molecule has 1 aliphatic rings. The van der Waals surface area contributed by atoms with Gasteiger partial charge in [-0.2, -0.15) is 5.10 Å². The molecule has 0 saturated carbocycles. The van der Waals surface area contributed by atoms with Crippen molar-refractivity contribution in [2.45, 2.75) is 26.4 Å². The third-order valence-electron chi connectivity index (χ3n) is 3.78. The minimum absolute atomic E-state index is 0.126. The average Bonchev–Trinajstić information content (AvgIpc) is 2.98. The van der Waals surface area contributed by atoms with Crippen molar-refractivity contribution >= 4 is 33.1 Å². The zero-order chi connectivity index (χ0) is 14.4. The number of aryl methyl sites for hydroxylation is 2. The number of likely N-dealkylation sites (tertiary alicyclic amines) is 1. The second-order valence-corrected chi connectivity index (χ2v) is 6.13. The lowest BCUT2D eigenvalue weighted by atomic mass is 10.1. The predicted molar refractivity (Wildman–Crippen MR) is 77.8 cm³/mol. The number of carbonyl (C=O) groups excluding carboxylic acids is 1. The molecule has 1 atom stereocenters. The number of nitrogens with two attached hydrogens (primary N) is 1. The summed E-state index contributed by atoms with van der Waals surface area (Å²) >= 11 is 1.27. The van der Waals surface area contributed by atoms with Gasteiger partial charge in [0, 0.05) is 18.5 Å². The van der Waals surface area contributed by atoms with E-state index < -0.39 is 6.10 Å². The van der Waals surface area contributed by atoms with Crippen LogP contribution in [-0.2, 0) is 0 Å². The van der Waals surface area contributed by atoms with E-state index in [2.05, 4.69) is 10.2 Å². The van der Waals surface area contributed by atoms with Crippen LogP contribution in [0.2, 0.25) is 0 Å². The molecule has 6 nitrogen and oxygen atoms in total. The van der Waals surface area contributed by atoms with E-state index in [0.29, 0.717) is 34.9 Å². The van der Waals surface area contributed by atoms with Crippen molar-refractivity contribution in [2.75, 3.05) is 18.8 Å². The number of thiophene rings is 1. The van der Waals surface area contributed by atoms with Gasteiger partial charge in [-0.1, -0.05) is 0 Å². The Kier molecular flexibility index (Phi) is 3.10. The summed E-state index contributed by atoms with van der Waals surface area (Å²) in [5.74, 6) is -0.126. The number of amides is 1. The summed E-state index contributed by atoms with van der Waals surface area (Å²) in [5, 5.41) is 18.6. The number of aliphatic hydroxyl groups is 1. The number of β-amino-alcohol motifs (C(OH)–C–C–N with tert-alkyl or cyclic N) is 1. The van der Waals surface area contributed by atoms with Crippen LogP contribution in [0.4, 0.5) is 5.69 Å². The zero-order valence-electron chi connectivity index (χ0n) is 11.4. The predicted octanol–water partition coefficient (Wildman–Crippen LogP) is 1.10. The van der Waals surface area contributed by atoms with Crippen LogP contribution < -0.4 is 5.73 Å². The van der Waals surface area contributed by atoms with Gasteiger partial charge in [-0.25, -0.2) is 0 Å². The minimum Gasteiger partial charge on any atom is -0.397 e. The van der Waals surface area contributed by atoms with E-state index in [4.69, 9.17) is 5.73 Å². The number of hydrogen-bond acceptors (Lipinski definition) is 6. The normalized spacial score (nSPS) is 18.9. The smallest absolute Gasteiger partial charge is 0.266 e. The maximum atomic E-state index is 12.5. The van der Waals surface area contributed by atoms with Crippen molar-refractivity contribution in [3.8, 4) is 0 Å². The fourth-order valence-corrected chi connectivity index (χ4v) is 3.54. The van der Waals surface area contributed by atoms with Gasteiger partial charge < -0.3 is 15.7 Å². The summed E-state index contributed by atoms with van der Waals surface area (Å²) in [5.41, 5.74) is 8.40. The van der Waals surface area contributed by atoms with Crippen LogP contribution in [0.25, 0.3) is 10.2 Å². The van der Waals surface area contributed by atoms with Gasteiger partial charge in [0.05, 0.1) is 17.5 Å². The standard InChI is InChI=1S/C13H16N4O2S/c1-6-7(2)15-16-12-9(6)10(14)11(20-12)13(19)17-4-3-8(18)5-17/h8,18H,3-5,14H2,1-2H3. The summed E-state index contributed by atoms with van der Waals surface area (Å²) in [6, 6.07) is 0. The van der Waals surface area contributed by atoms with Crippen LogP contribution in [0.15, 0.2) is 0 Å². The molecule has 1 aliphatic heterocycles. The van der Waals surface area contributed by atoms with E-state index in [1.807, 2.05) is 13.8 Å². The van der Waals surface area contributed by atoms with Crippen molar-refractivity contribution < 1.29 is 9.90 Å². The first-order valence-corrected chi connectivity index (χ1v) is 7.30. The Hall–Kier alpha value is -1.73. The van der Waals surface area contributed by atoms with Gasteiger partial charge in [-0.3, -0.25) is 4.79 Å². The fraction of sp³-hybridized carbons (Fsp3) is 0.462. The molecular weight excluding hydrogens is 276 g/mol. The number of aliphatic hydroxyl groups excluding tert-OH is 1. The van der Waals surface area contributed by atoms with E-state index in [1.54, 1.807) is 4.90 Å². The number of carbonyl (C=O) groups is 1. The molecule has 1 amide bonds. The van der Waals surface area contributed by atoms with Crippen molar-refractivity contribution in [3.05, 3.63) is 16.1 Å². The number of nitrogens with zero attached hydrogens (tertiary/aromatic N) is 3. The van der Waals surface area contributed by atoms with E-state index in [1.165, 1.54) is 11.3 Å². The number of hydrogen-bond donors (Lipinski definition) is 2. The van der Waals surface area contributed by atoms with Crippen LogP contribution in [0.5, 0.6) is 0 Å². The Morgan fingerprint density at radius 2 is 2.20 bits per heavy atom. The van der Waals surface area contributed by atoms with Gasteiger partial charge in [-0.05, 0) is 25.8 Å². The molecule has 2 aromatic heterocycles. The van der Waals surface area contributed by atoms with Gasteiger partial charge >= 0.3 is 0 Å². The monoisotopic (exact) mass is 292 g/mol. The van der Waals surface area contributed by atoms with Crippen LogP contribution in [0.1, 0.15) is 27.3 Å². The topological polar surface area (TPSA) is 92.3 Å². The van der Waals surface area contributed by atoms with E-state index in [-0.39, 0.29) is 5.91 Å². The highest BCUT2D eigenvalue weighted by atomic mass is 32.1. The molecule has 3 heterocycles. The lowest BCUT2D eigenvalue weighted by molar-refractivity contribution is 0.0770. The first-order valence-electron chi connectivity index (χ1n) is 6.48. The third-order valence-corrected chi connectivity index (χ3v) is 4.86. The molecule has 106 valence electrons. The summed E-state index contributed by atoms with van der Waals surface area (Å²) in [7, 11) is 0. The number of rotatable bonds is 1. The first-order chi connectivity index (χ1) is 9.49. The second-order valence-electron chi connectivity index (χ2n) is 5.13. The molecular formula is C13H16N4O2S. The van der Waals surface area contributed by atoms with Gasteiger partial charge in [0.2, 0.25) is 0 Å². The number of aromatic nitrogens is 2. The quantitative estimate of drug-likeness (QED) is 0.821. The van der Waals surface area contributed by atoms with Crippen molar-refractivity contribution in [2.24, 2.45) is 0 Å². The van der Waals surface area contributed by atoms with E-state index in [0.717, 1.165) is 16.6 Å². The molecule has 0 bridgehead atoms. The highest BCUT2D eigenvalue weighted by molar-refractivity contribution is 7.21. The summed E-state index contributed by atoms with van der Waals surface area (Å²) in [4.78, 5) is 15.3. The van der Waals surface area contributed by atoms with Crippen molar-refractivity contribution in [1.29, 1.82) is 0 Å². The lowest BCUT2D eigenvalue weighted by Gasteiger charge is -2.14. The highest BCUT2D eigenvalue weighted by Crippen LogP contribution is 2.35. The first kappa shape index (κ1) is 13.3. The molecule has 0 radical (unpaired) electrons. The molecule has 2 aromatic rings. The largest absolute Gasteiger partial charge is 0.397 e. The minimum atomic E-state index is -0.432. The second kappa shape index (κ2) is 4.68. The Morgan fingerprint density at radius 3 is 2.85 bits per heavy atom. The van der Waals surface area contributed by atoms with Crippen LogP contribution in [-0.4, -0.2) is 45.3 Å². The van der Waals surface area contributed by atoms with Crippen LogP contribution in [0.3, 0.4) is 0 Å². The third kappa shape index (κ3) is 1.94. The van der Waals surface area contributed by atoms with E-state index in [9.17, 15) is 9.90 Å². The molecule has 1 saturated heterocycles. The van der Waals surface area contributed by atoms with Gasteiger partial charge in [0.15, 0.2) is 0 Å². The molecule has 3 rings (SSSR count). The number of nitrogen functional groups attached to an aromatic ring is 1. The molecule has 1 unspecified atom stereocenters. The Morgan fingerprint density at radius 1 is 1.45 bits per heavy atom. The average molecular weight is 292 g/mol. The molecule has 0 aromatic carbocycles. The van der Waals surface area contributed by atoms with Gasteiger partial charge in [0.1, 0.15) is 9.71 Å². The molecule has 3 N–H and O–H groups in total. The van der Waals surface area contributed by atoms with Crippen LogP contribution >= 0.6 is 11.3 Å². The lowest BCUT2D eigenvalue weighted by Crippen LogP contribution is -2.29. The summed E-state index contributed by atoms with van der Waals surface area (Å²) in [6.07, 6.45) is 0.187. The molecule has 0 aliphatic carbocycles. The number of anilines is 1. The SMILES string of the molecule is Cc1nnc2sc(C(=O)N3CCC(O)C3)c(N)c2c1C. The van der Waals surface area contributed by atoms with Crippen LogP contribution in [0, 0.1) is 13.8 Å². The zero-order valence-corrected chi connectivity index (χ0v) is 12.2. The van der Waals surface area contributed by atoms with Gasteiger partial charge in [0.25, 0.3) is 5.91 Å². The van der Waals surface area contributed by atoms with Crippen molar-refractivity contribution in [1.82, 2.24) is 15.1 Å². The Labute approximate surface area is 120 Å². The van der Waals surface area contributed by atoms with Crippen molar-refractivity contribution in [3.63, 3.8) is 0 Å². The Bertz CT molecular complexity index is 697. The Balaban J connectivity index is 2.06. The summed E-state index contributed by atoms with van der Waals surface area (Å²) < 4.78 is 0. The fourth-order valence-electron chi connectivity index (χ4n) is 2.47. The number of fused-ring (bicyclic) bond motifs is 1. The highest BCUT2D eigenvalue weighted by Gasteiger charge is 2.29. The molecule has 0 spiro atoms. The van der Waals surface area contributed by atoms with E-state index >= 15 is 0 Å². The summed E-state index contributed by atoms with van der Waals surface area (Å²) in [6.45, 7) is 4.74. The maximum absolute atomic E-state index is 12.5. The molecule has 1 fully saturated rings.